The summed E-state index contributed by atoms with van der Waals surface area (Å²) in [7, 11) is 0. The Morgan fingerprint density at radius 2 is 2.07 bits per heavy atom. The lowest BCUT2D eigenvalue weighted by atomic mass is 9.81. The molecule has 1 aromatic carbocycles. The molecule has 2 aromatic heterocycles. The van der Waals surface area contributed by atoms with E-state index >= 15 is 0 Å². The lowest BCUT2D eigenvalue weighted by Crippen LogP contribution is -2.32. The van der Waals surface area contributed by atoms with Gasteiger partial charge in [0.25, 0.3) is 5.88 Å². The number of nitrogens with one attached hydrogen (secondary N) is 1. The van der Waals surface area contributed by atoms with Gasteiger partial charge in [-0.15, -0.1) is 21.8 Å². The van der Waals surface area contributed by atoms with E-state index in [1.165, 1.54) is 17.8 Å². The van der Waals surface area contributed by atoms with Crippen molar-refractivity contribution in [2.45, 2.75) is 49.8 Å². The number of halogens is 2. The summed E-state index contributed by atoms with van der Waals surface area (Å²) in [5.74, 6) is 0.541. The van der Waals surface area contributed by atoms with Gasteiger partial charge >= 0.3 is 0 Å². The Kier molecular flexibility index (Phi) is 4.72. The number of alkyl halides is 1. The minimum atomic E-state index is -0.445. The first-order valence-electron chi connectivity index (χ1n) is 9.82. The Balaban J connectivity index is 1.33. The van der Waals surface area contributed by atoms with Crippen LogP contribution in [0.5, 0.6) is 5.88 Å². The molecule has 0 atom stereocenters. The van der Waals surface area contributed by atoms with Crippen molar-refractivity contribution >= 4 is 11.6 Å². The third-order valence-electron chi connectivity index (χ3n) is 5.80. The van der Waals surface area contributed by atoms with Crippen LogP contribution in [-0.2, 0) is 18.0 Å². The molecule has 5 rings (SSSR count). The van der Waals surface area contributed by atoms with Crippen LogP contribution in [0, 0.1) is 5.82 Å². The summed E-state index contributed by atoms with van der Waals surface area (Å²) < 4.78 is 21.6. The Morgan fingerprint density at radius 3 is 2.90 bits per heavy atom. The summed E-state index contributed by atoms with van der Waals surface area (Å²) >= 11 is 7.07. The molecule has 0 amide bonds. The van der Waals surface area contributed by atoms with Crippen molar-refractivity contribution in [3.63, 3.8) is 0 Å². The van der Waals surface area contributed by atoms with Crippen molar-refractivity contribution in [3.05, 3.63) is 65.6 Å². The first-order valence-corrected chi connectivity index (χ1v) is 10.2. The maximum Gasteiger partial charge on any atom is 0.250 e. The van der Waals surface area contributed by atoms with Gasteiger partial charge in [0.05, 0.1) is 17.1 Å². The highest BCUT2D eigenvalue weighted by Gasteiger charge is 2.36. The van der Waals surface area contributed by atoms with E-state index in [2.05, 4.69) is 38.7 Å². The number of rotatable bonds is 3. The monoisotopic (exact) mass is 413 g/mol. The third-order valence-corrected chi connectivity index (χ3v) is 6.40. The Bertz CT molecular complexity index is 1030. The fourth-order valence-electron chi connectivity index (χ4n) is 4.20. The molecule has 1 aliphatic heterocycles. The predicted molar refractivity (Wildman–Crippen MR) is 107 cm³/mol. The fourth-order valence-corrected chi connectivity index (χ4v) is 4.54. The highest BCUT2D eigenvalue weighted by atomic mass is 35.5. The minimum Gasteiger partial charge on any atom is -0.472 e. The van der Waals surface area contributed by atoms with Gasteiger partial charge in [0, 0.05) is 12.7 Å². The van der Waals surface area contributed by atoms with Crippen LogP contribution in [0.1, 0.15) is 42.6 Å². The number of pyridine rings is 1. The molecule has 1 fully saturated rings. The van der Waals surface area contributed by atoms with Gasteiger partial charge in [0.15, 0.2) is 11.6 Å². The molecule has 0 unspecified atom stereocenters. The van der Waals surface area contributed by atoms with Crippen molar-refractivity contribution in [1.82, 2.24) is 25.1 Å². The molecule has 0 bridgehead atoms. The van der Waals surface area contributed by atoms with Gasteiger partial charge in [-0.25, -0.2) is 9.37 Å². The molecule has 3 aromatic rings. The Labute approximate surface area is 173 Å². The highest BCUT2D eigenvalue weighted by molar-refractivity contribution is 6.24. The maximum absolute atomic E-state index is 13.8. The van der Waals surface area contributed by atoms with Crippen LogP contribution in [0.15, 0.2) is 42.9 Å². The highest BCUT2D eigenvalue weighted by Crippen LogP contribution is 2.44. The molecule has 8 heteroatoms. The lowest BCUT2D eigenvalue weighted by Gasteiger charge is -2.36. The van der Waals surface area contributed by atoms with E-state index in [1.807, 2.05) is 4.57 Å². The minimum absolute atomic E-state index is 0.0698. The standard InChI is InChI=1S/C21H21ClFN5O/c22-21(7-5-16(6-8-21)29-20-17(23)2-1-9-25-20)15-3-4-18-14(10-15)11-24-12-19-27-26-13-28(18)19/h1-4,9-10,13,16,24H,5-8,11-12H2. The predicted octanol–water partition coefficient (Wildman–Crippen LogP) is 3.86. The SMILES string of the molecule is Fc1cccnc1OC1CCC(Cl)(c2ccc3c(c2)CNCc2nncn2-3)CC1. The van der Waals surface area contributed by atoms with Crippen molar-refractivity contribution in [3.8, 4) is 11.6 Å². The van der Waals surface area contributed by atoms with Crippen LogP contribution < -0.4 is 10.1 Å². The zero-order chi connectivity index (χ0) is 19.8. The smallest absolute Gasteiger partial charge is 0.250 e. The van der Waals surface area contributed by atoms with Crippen molar-refractivity contribution in [1.29, 1.82) is 0 Å². The number of ether oxygens (including phenoxy) is 1. The number of fused-ring (bicyclic) bond motifs is 3. The fraction of sp³-hybridized carbons (Fsp3) is 0.381. The van der Waals surface area contributed by atoms with Gasteiger partial charge in [-0.05, 0) is 55.0 Å². The van der Waals surface area contributed by atoms with Crippen molar-refractivity contribution in [2.75, 3.05) is 0 Å². The molecule has 0 spiro atoms. The van der Waals surface area contributed by atoms with E-state index in [-0.39, 0.29) is 12.0 Å². The van der Waals surface area contributed by atoms with Crippen LogP contribution in [0.25, 0.3) is 5.69 Å². The Morgan fingerprint density at radius 1 is 1.21 bits per heavy atom. The average Bonchev–Trinajstić information content (AvgIpc) is 3.13. The summed E-state index contributed by atoms with van der Waals surface area (Å²) in [4.78, 5) is 3.54. The first-order chi connectivity index (χ1) is 14.1. The van der Waals surface area contributed by atoms with Crippen LogP contribution in [0.3, 0.4) is 0 Å². The van der Waals surface area contributed by atoms with E-state index in [0.29, 0.717) is 6.54 Å². The van der Waals surface area contributed by atoms with Crippen LogP contribution in [0.2, 0.25) is 0 Å². The van der Waals surface area contributed by atoms with Crippen LogP contribution in [-0.4, -0.2) is 25.9 Å². The summed E-state index contributed by atoms with van der Waals surface area (Å²) in [6.45, 7) is 1.43. The second kappa shape index (κ2) is 7.39. The summed E-state index contributed by atoms with van der Waals surface area (Å²) in [6, 6.07) is 9.30. The molecule has 2 aliphatic rings. The van der Waals surface area contributed by atoms with Gasteiger partial charge in [-0.2, -0.15) is 0 Å². The van der Waals surface area contributed by atoms with E-state index < -0.39 is 10.7 Å². The molecule has 150 valence electrons. The molecule has 1 aliphatic carbocycles. The second-order valence-electron chi connectivity index (χ2n) is 7.64. The van der Waals surface area contributed by atoms with E-state index in [9.17, 15) is 4.39 Å². The van der Waals surface area contributed by atoms with Crippen molar-refractivity contribution < 1.29 is 9.13 Å². The maximum atomic E-state index is 13.8. The number of benzene rings is 1. The number of hydrogen-bond acceptors (Lipinski definition) is 5. The molecule has 0 saturated heterocycles. The van der Waals surface area contributed by atoms with E-state index in [4.69, 9.17) is 16.3 Å². The van der Waals surface area contributed by atoms with Gasteiger partial charge in [0.2, 0.25) is 0 Å². The van der Waals surface area contributed by atoms with E-state index in [1.54, 1.807) is 12.4 Å². The van der Waals surface area contributed by atoms with Gasteiger partial charge in [0.1, 0.15) is 12.4 Å². The number of hydrogen-bond donors (Lipinski definition) is 1. The molecule has 1 saturated carbocycles. The summed E-state index contributed by atoms with van der Waals surface area (Å²) in [5.41, 5.74) is 3.37. The zero-order valence-corrected chi connectivity index (χ0v) is 16.6. The molecular weight excluding hydrogens is 393 g/mol. The summed E-state index contributed by atoms with van der Waals surface area (Å²) in [6.07, 6.45) is 6.24. The largest absolute Gasteiger partial charge is 0.472 e. The number of aromatic nitrogens is 4. The molecule has 6 nitrogen and oxygen atoms in total. The average molecular weight is 414 g/mol. The van der Waals surface area contributed by atoms with Crippen LogP contribution >= 0.6 is 11.6 Å². The molecule has 1 N–H and O–H groups in total. The summed E-state index contributed by atoms with van der Waals surface area (Å²) in [5, 5.41) is 11.6. The number of nitrogens with zero attached hydrogens (tertiary/aromatic N) is 4. The molecule has 3 heterocycles. The molecule has 0 radical (unpaired) electrons. The quantitative estimate of drug-likeness (QED) is 0.660. The lowest BCUT2D eigenvalue weighted by molar-refractivity contribution is 0.127. The normalized spacial score (nSPS) is 23.7. The van der Waals surface area contributed by atoms with E-state index in [0.717, 1.165) is 49.3 Å². The first kappa shape index (κ1) is 18.5. The van der Waals surface area contributed by atoms with Crippen LogP contribution in [0.4, 0.5) is 4.39 Å². The third kappa shape index (κ3) is 3.49. The second-order valence-corrected chi connectivity index (χ2v) is 8.36. The van der Waals surface area contributed by atoms with Crippen molar-refractivity contribution in [2.24, 2.45) is 0 Å². The topological polar surface area (TPSA) is 64.9 Å². The molecule has 29 heavy (non-hydrogen) atoms. The van der Waals surface area contributed by atoms with Gasteiger partial charge in [-0.1, -0.05) is 12.1 Å². The zero-order valence-electron chi connectivity index (χ0n) is 15.8. The van der Waals surface area contributed by atoms with Gasteiger partial charge < -0.3 is 10.1 Å². The van der Waals surface area contributed by atoms with Gasteiger partial charge in [-0.3, -0.25) is 4.57 Å². The Hall–Kier alpha value is -2.51. The molecular formula is C21H21ClFN5O.